The number of aliphatic carboxylic acids is 5. The highest BCUT2D eigenvalue weighted by atomic mass is 16.4. The molecule has 0 aliphatic rings. The number of carbonyl (C=O) groups is 5. The second-order valence-corrected chi connectivity index (χ2v) is 5.64. The maximum absolute atomic E-state index is 9.65. The van der Waals surface area contributed by atoms with E-state index in [4.69, 9.17) is 79.7 Å². The maximum atomic E-state index is 9.65. The van der Waals surface area contributed by atoms with Gasteiger partial charge in [0.05, 0.1) is 33.0 Å². The molecule has 0 rings (SSSR count). The standard InChI is InChI=1S/5C3H7NO3/c5*4-2(1-5)3(6)7/h5*2,5H,1,4H2,(H,6,7)/t5*2-/m00000/s1. The average Bonchev–Trinajstić information content (AvgIpc) is 2.82. The summed E-state index contributed by atoms with van der Waals surface area (Å²) in [6.07, 6.45) is 0. The van der Waals surface area contributed by atoms with Crippen molar-refractivity contribution < 1.29 is 75.0 Å². The smallest absolute Gasteiger partial charge is 0.322 e. The summed E-state index contributed by atoms with van der Waals surface area (Å²) in [6.45, 7) is -2.52. The molecule has 0 aromatic carbocycles. The predicted octanol–water partition coefficient (Wildman–Crippen LogP) is -8.05. The van der Waals surface area contributed by atoms with Gasteiger partial charge in [0.15, 0.2) is 0 Å². The molecule has 0 bridgehead atoms. The highest BCUT2D eigenvalue weighted by molar-refractivity contribution is 5.74. The fraction of sp³-hybridized carbons (Fsp3) is 0.667. The van der Waals surface area contributed by atoms with Gasteiger partial charge >= 0.3 is 29.8 Å². The van der Waals surface area contributed by atoms with Crippen LogP contribution < -0.4 is 28.7 Å². The van der Waals surface area contributed by atoms with Crippen molar-refractivity contribution in [1.82, 2.24) is 0 Å². The Balaban J connectivity index is -0.000000107. The first-order valence-corrected chi connectivity index (χ1v) is 8.87. The van der Waals surface area contributed by atoms with Gasteiger partial charge in [-0.2, -0.15) is 0 Å². The molecule has 0 fully saturated rings. The third-order valence-electron chi connectivity index (χ3n) is 2.57. The molecule has 0 aliphatic carbocycles. The van der Waals surface area contributed by atoms with Crippen LogP contribution in [0.3, 0.4) is 0 Å². The van der Waals surface area contributed by atoms with Crippen molar-refractivity contribution in [3.8, 4) is 0 Å². The summed E-state index contributed by atoms with van der Waals surface area (Å²) in [5.41, 5.74) is 23.8. The van der Waals surface area contributed by atoms with Crippen molar-refractivity contribution in [2.45, 2.75) is 30.2 Å². The van der Waals surface area contributed by atoms with Crippen LogP contribution in [-0.4, -0.2) is 144 Å². The zero-order valence-electron chi connectivity index (χ0n) is 18.3. The minimum Gasteiger partial charge on any atom is -0.480 e. The number of carboxylic acids is 5. The zero-order valence-corrected chi connectivity index (χ0v) is 18.3. The minimum absolute atomic E-state index is 0.505. The molecule has 5 atom stereocenters. The van der Waals surface area contributed by atoms with Gasteiger partial charge in [0.1, 0.15) is 30.2 Å². The molecular formula is C15H35N5O15. The van der Waals surface area contributed by atoms with Gasteiger partial charge in [0.2, 0.25) is 0 Å². The number of hydrogen-bond acceptors (Lipinski definition) is 15. The van der Waals surface area contributed by atoms with E-state index < -0.39 is 93.1 Å². The van der Waals surface area contributed by atoms with E-state index in [9.17, 15) is 24.0 Å². The van der Waals surface area contributed by atoms with Crippen LogP contribution in [0.2, 0.25) is 0 Å². The highest BCUT2D eigenvalue weighted by Gasteiger charge is 2.09. The van der Waals surface area contributed by atoms with Gasteiger partial charge in [-0.25, -0.2) is 0 Å². The molecule has 0 saturated carbocycles. The summed E-state index contributed by atoms with van der Waals surface area (Å²) in [7, 11) is 0. The van der Waals surface area contributed by atoms with Crippen molar-refractivity contribution in [3.05, 3.63) is 0 Å². The summed E-state index contributed by atoms with van der Waals surface area (Å²) in [5.74, 6) is -5.89. The molecule has 20 nitrogen and oxygen atoms in total. The molecule has 0 unspecified atom stereocenters. The van der Waals surface area contributed by atoms with Crippen molar-refractivity contribution in [1.29, 1.82) is 0 Å². The molecule has 210 valence electrons. The Labute approximate surface area is 197 Å². The molecule has 0 radical (unpaired) electrons. The van der Waals surface area contributed by atoms with Crippen LogP contribution in [0.25, 0.3) is 0 Å². The van der Waals surface area contributed by atoms with Crippen LogP contribution in [-0.2, 0) is 24.0 Å². The van der Waals surface area contributed by atoms with Crippen molar-refractivity contribution in [2.75, 3.05) is 33.0 Å². The topological polar surface area (TPSA) is 418 Å². The SMILES string of the molecule is N[C@@H](CO)C(=O)O.N[C@@H](CO)C(=O)O.N[C@@H](CO)C(=O)O.N[C@@H](CO)C(=O)O.N[C@@H](CO)C(=O)O. The summed E-state index contributed by atoms with van der Waals surface area (Å²) in [4.78, 5) is 48.2. The molecule has 0 aliphatic heterocycles. The van der Waals surface area contributed by atoms with E-state index >= 15 is 0 Å². The number of aliphatic hydroxyl groups excluding tert-OH is 5. The van der Waals surface area contributed by atoms with Crippen molar-refractivity contribution >= 4 is 29.8 Å². The second kappa shape index (κ2) is 27.2. The number of rotatable bonds is 10. The van der Waals surface area contributed by atoms with E-state index in [2.05, 4.69) is 0 Å². The molecule has 20 N–H and O–H groups in total. The Bertz CT molecular complexity index is 479. The zero-order chi connectivity index (χ0) is 29.3. The molecule has 0 spiro atoms. The number of hydrogen-bond donors (Lipinski definition) is 15. The lowest BCUT2D eigenvalue weighted by Crippen LogP contribution is -2.33. The van der Waals surface area contributed by atoms with Crippen molar-refractivity contribution in [2.24, 2.45) is 28.7 Å². The van der Waals surface area contributed by atoms with Gasteiger partial charge in [-0.15, -0.1) is 0 Å². The summed E-state index contributed by atoms with van der Waals surface area (Å²) in [6, 6.07) is -5.63. The molecule has 20 heteroatoms. The Morgan fingerprint density at radius 1 is 0.371 bits per heavy atom. The van der Waals surface area contributed by atoms with Gasteiger partial charge < -0.3 is 79.7 Å². The Kier molecular flexibility index (Phi) is 32.7. The van der Waals surface area contributed by atoms with Gasteiger partial charge in [-0.05, 0) is 0 Å². The monoisotopic (exact) mass is 525 g/mol. The summed E-state index contributed by atoms with van der Waals surface area (Å²) >= 11 is 0. The number of carboxylic acid groups (broad SMARTS) is 5. The van der Waals surface area contributed by atoms with E-state index in [1.807, 2.05) is 0 Å². The van der Waals surface area contributed by atoms with Gasteiger partial charge in [-0.3, -0.25) is 24.0 Å². The van der Waals surface area contributed by atoms with E-state index in [0.29, 0.717) is 0 Å². The average molecular weight is 525 g/mol. The molecule has 0 saturated heterocycles. The van der Waals surface area contributed by atoms with Gasteiger partial charge in [-0.1, -0.05) is 0 Å². The van der Waals surface area contributed by atoms with Crippen molar-refractivity contribution in [3.63, 3.8) is 0 Å². The van der Waals surface area contributed by atoms with E-state index in [0.717, 1.165) is 0 Å². The summed E-state index contributed by atoms with van der Waals surface area (Å²) in [5, 5.41) is 79.5. The lowest BCUT2D eigenvalue weighted by atomic mass is 10.3. The van der Waals surface area contributed by atoms with E-state index in [1.165, 1.54) is 0 Å². The molecule has 0 aromatic heterocycles. The van der Waals surface area contributed by atoms with E-state index in [1.54, 1.807) is 0 Å². The first-order valence-electron chi connectivity index (χ1n) is 8.87. The summed E-state index contributed by atoms with van der Waals surface area (Å²) < 4.78 is 0. The highest BCUT2D eigenvalue weighted by Crippen LogP contribution is 1.73. The fourth-order valence-corrected chi connectivity index (χ4v) is 0.390. The van der Waals surface area contributed by atoms with Crippen LogP contribution in [0.4, 0.5) is 0 Å². The molecule has 35 heavy (non-hydrogen) atoms. The van der Waals surface area contributed by atoms with Gasteiger partial charge in [0.25, 0.3) is 0 Å². The van der Waals surface area contributed by atoms with Crippen LogP contribution in [0.5, 0.6) is 0 Å². The Morgan fingerprint density at radius 2 is 0.457 bits per heavy atom. The molecule has 0 amide bonds. The third-order valence-corrected chi connectivity index (χ3v) is 2.57. The molecule has 0 heterocycles. The lowest BCUT2D eigenvalue weighted by Gasteiger charge is -1.96. The Hall–Kier alpha value is -3.05. The van der Waals surface area contributed by atoms with Crippen LogP contribution in [0, 0.1) is 0 Å². The number of nitrogens with two attached hydrogens (primary N) is 5. The van der Waals surface area contributed by atoms with Crippen LogP contribution in [0.15, 0.2) is 0 Å². The molecular weight excluding hydrogens is 490 g/mol. The Morgan fingerprint density at radius 3 is 0.457 bits per heavy atom. The first-order chi connectivity index (χ1) is 15.9. The third kappa shape index (κ3) is 35.7. The maximum Gasteiger partial charge on any atom is 0.322 e. The largest absolute Gasteiger partial charge is 0.480 e. The number of aliphatic hydroxyl groups is 5. The van der Waals surface area contributed by atoms with Gasteiger partial charge in [0, 0.05) is 0 Å². The predicted molar refractivity (Wildman–Crippen MR) is 113 cm³/mol. The first kappa shape index (κ1) is 42.1. The van der Waals surface area contributed by atoms with Crippen LogP contribution >= 0.6 is 0 Å². The normalized spacial score (nSPS) is 13.4. The van der Waals surface area contributed by atoms with Crippen LogP contribution in [0.1, 0.15) is 0 Å². The molecule has 0 aromatic rings. The minimum atomic E-state index is -1.18. The second-order valence-electron chi connectivity index (χ2n) is 5.64. The quantitative estimate of drug-likeness (QED) is 0.126. The fourth-order valence-electron chi connectivity index (χ4n) is 0.390. The lowest BCUT2D eigenvalue weighted by molar-refractivity contribution is -0.140. The van der Waals surface area contributed by atoms with E-state index in [-0.39, 0.29) is 0 Å².